The Labute approximate surface area is 89.1 Å². The summed E-state index contributed by atoms with van der Waals surface area (Å²) in [6.45, 7) is 0.573. The van der Waals surface area contributed by atoms with Crippen LogP contribution in [-0.4, -0.2) is 20.0 Å². The summed E-state index contributed by atoms with van der Waals surface area (Å²) >= 11 is 3.34. The monoisotopic (exact) mass is 253 g/mol. The Morgan fingerprint density at radius 3 is 2.86 bits per heavy atom. The minimum absolute atomic E-state index is 0.424. The highest BCUT2D eigenvalue weighted by Gasteiger charge is 1.99. The maximum absolute atomic E-state index is 5.44. The van der Waals surface area contributed by atoms with Crippen LogP contribution in [0.4, 0.5) is 5.82 Å². The summed E-state index contributed by atoms with van der Waals surface area (Å²) in [6.07, 6.45) is 5.02. The van der Waals surface area contributed by atoms with Gasteiger partial charge < -0.3 is 5.73 Å². The molecule has 5 nitrogen and oxygen atoms in total. The first kappa shape index (κ1) is 9.14. The van der Waals surface area contributed by atoms with Gasteiger partial charge in [-0.1, -0.05) is 0 Å². The van der Waals surface area contributed by atoms with Crippen LogP contribution in [0.3, 0.4) is 0 Å². The molecule has 0 atom stereocenters. The van der Waals surface area contributed by atoms with E-state index < -0.39 is 0 Å². The summed E-state index contributed by atoms with van der Waals surface area (Å²) in [4.78, 5) is 5.57. The smallest absolute Gasteiger partial charge is 0.165 e. The number of anilines is 1. The maximum atomic E-state index is 5.44. The van der Waals surface area contributed by atoms with Crippen LogP contribution >= 0.6 is 15.9 Å². The molecule has 2 N–H and O–H groups in total. The number of nitrogens with two attached hydrogens (primary N) is 1. The first-order valence-electron chi connectivity index (χ1n) is 3.99. The summed E-state index contributed by atoms with van der Waals surface area (Å²) in [7, 11) is 0. The summed E-state index contributed by atoms with van der Waals surface area (Å²) < 4.78 is 0.940. The molecule has 72 valence electrons. The second kappa shape index (κ2) is 3.75. The molecule has 14 heavy (non-hydrogen) atoms. The van der Waals surface area contributed by atoms with Crippen LogP contribution in [0.25, 0.3) is 0 Å². The van der Waals surface area contributed by atoms with E-state index in [0.29, 0.717) is 12.4 Å². The van der Waals surface area contributed by atoms with Gasteiger partial charge in [0.25, 0.3) is 0 Å². The number of hydrogen-bond donors (Lipinski definition) is 1. The van der Waals surface area contributed by atoms with Gasteiger partial charge in [0.15, 0.2) is 5.82 Å². The normalized spacial score (nSPS) is 10.4. The number of hydrogen-bond acceptors (Lipinski definition) is 4. The number of rotatable bonds is 2. The summed E-state index contributed by atoms with van der Waals surface area (Å²) in [6, 6.07) is 1.96. The predicted octanol–water partition coefficient (Wildman–Crippen LogP) is 1.07. The Balaban J connectivity index is 2.18. The fourth-order valence-corrected chi connectivity index (χ4v) is 1.50. The molecule has 0 amide bonds. The number of halogens is 1. The first-order chi connectivity index (χ1) is 6.74. The van der Waals surface area contributed by atoms with Gasteiger partial charge in [-0.3, -0.25) is 4.98 Å². The highest BCUT2D eigenvalue weighted by molar-refractivity contribution is 9.10. The largest absolute Gasteiger partial charge is 0.381 e. The van der Waals surface area contributed by atoms with Crippen LogP contribution in [0.15, 0.2) is 29.1 Å². The molecule has 0 radical (unpaired) electrons. The fourth-order valence-electron chi connectivity index (χ4n) is 1.09. The lowest BCUT2D eigenvalue weighted by Crippen LogP contribution is -2.04. The molecular weight excluding hydrogens is 246 g/mol. The second-order valence-electron chi connectivity index (χ2n) is 2.81. The lowest BCUT2D eigenvalue weighted by molar-refractivity contribution is 0.591. The second-order valence-corrected chi connectivity index (χ2v) is 3.73. The van der Waals surface area contributed by atoms with Gasteiger partial charge in [0.1, 0.15) is 0 Å². The molecule has 0 aliphatic heterocycles. The van der Waals surface area contributed by atoms with E-state index >= 15 is 0 Å². The Morgan fingerprint density at radius 1 is 1.36 bits per heavy atom. The maximum Gasteiger partial charge on any atom is 0.165 e. The molecule has 0 saturated heterocycles. The van der Waals surface area contributed by atoms with Gasteiger partial charge >= 0.3 is 0 Å². The van der Waals surface area contributed by atoms with Gasteiger partial charge in [-0.2, -0.15) is 9.90 Å². The molecule has 2 heterocycles. The third kappa shape index (κ3) is 2.08. The van der Waals surface area contributed by atoms with E-state index in [1.807, 2.05) is 6.07 Å². The molecule has 0 aliphatic carbocycles. The summed E-state index contributed by atoms with van der Waals surface area (Å²) in [5, 5.41) is 7.95. The van der Waals surface area contributed by atoms with E-state index in [2.05, 4.69) is 31.1 Å². The molecule has 2 rings (SSSR count). The molecule has 2 aromatic rings. The SMILES string of the molecule is Nc1cnn(Cc2cncc(Br)c2)n1. The van der Waals surface area contributed by atoms with Crippen molar-refractivity contribution in [3.63, 3.8) is 0 Å². The van der Waals surface area contributed by atoms with Gasteiger partial charge in [0, 0.05) is 16.9 Å². The number of nitrogen functional groups attached to an aromatic ring is 1. The van der Waals surface area contributed by atoms with Gasteiger partial charge in [0.05, 0.1) is 12.7 Å². The van der Waals surface area contributed by atoms with Crippen LogP contribution in [0, 0.1) is 0 Å². The third-order valence-electron chi connectivity index (χ3n) is 1.64. The zero-order valence-corrected chi connectivity index (χ0v) is 8.85. The topological polar surface area (TPSA) is 69.6 Å². The lowest BCUT2D eigenvalue weighted by Gasteiger charge is -1.99. The van der Waals surface area contributed by atoms with Crippen molar-refractivity contribution >= 4 is 21.7 Å². The Bertz CT molecular complexity index is 439. The zero-order chi connectivity index (χ0) is 9.97. The van der Waals surface area contributed by atoms with Gasteiger partial charge in [-0.05, 0) is 27.6 Å². The lowest BCUT2D eigenvalue weighted by atomic mass is 10.3. The van der Waals surface area contributed by atoms with Gasteiger partial charge in [-0.25, -0.2) is 0 Å². The van der Waals surface area contributed by atoms with Crippen LogP contribution < -0.4 is 5.73 Å². The minimum Gasteiger partial charge on any atom is -0.381 e. The third-order valence-corrected chi connectivity index (χ3v) is 2.07. The highest BCUT2D eigenvalue weighted by Crippen LogP contribution is 2.10. The standard InChI is InChI=1S/C8H8BrN5/c9-7-1-6(2-11-3-7)5-14-12-4-8(10)13-14/h1-4H,5H2,(H2,10,13). The molecule has 2 aromatic heterocycles. The van der Waals surface area contributed by atoms with E-state index in [4.69, 9.17) is 5.73 Å². The van der Waals surface area contributed by atoms with Crippen molar-refractivity contribution in [1.29, 1.82) is 0 Å². The van der Waals surface area contributed by atoms with Gasteiger partial charge in [-0.15, -0.1) is 5.10 Å². The van der Waals surface area contributed by atoms with Crippen molar-refractivity contribution in [2.24, 2.45) is 0 Å². The first-order valence-corrected chi connectivity index (χ1v) is 4.78. The molecule has 6 heteroatoms. The molecule has 0 aliphatic rings. The average Bonchev–Trinajstić information content (AvgIpc) is 2.51. The summed E-state index contributed by atoms with van der Waals surface area (Å²) in [5.74, 6) is 0.424. The quantitative estimate of drug-likeness (QED) is 0.870. The number of aromatic nitrogens is 4. The molecule has 0 bridgehead atoms. The van der Waals surface area contributed by atoms with Crippen molar-refractivity contribution in [3.8, 4) is 0 Å². The number of pyridine rings is 1. The minimum atomic E-state index is 0.424. The Kier molecular flexibility index (Phi) is 2.45. The van der Waals surface area contributed by atoms with Crippen molar-refractivity contribution in [3.05, 3.63) is 34.7 Å². The van der Waals surface area contributed by atoms with Crippen molar-refractivity contribution < 1.29 is 0 Å². The average molecular weight is 254 g/mol. The van der Waals surface area contributed by atoms with Crippen LogP contribution in [0.5, 0.6) is 0 Å². The molecule has 0 aromatic carbocycles. The van der Waals surface area contributed by atoms with Crippen LogP contribution in [-0.2, 0) is 6.54 Å². The molecule has 0 fully saturated rings. The van der Waals surface area contributed by atoms with E-state index in [1.54, 1.807) is 12.4 Å². The van der Waals surface area contributed by atoms with E-state index in [0.717, 1.165) is 10.0 Å². The highest BCUT2D eigenvalue weighted by atomic mass is 79.9. The van der Waals surface area contributed by atoms with E-state index in [9.17, 15) is 0 Å². The van der Waals surface area contributed by atoms with Crippen LogP contribution in [0.1, 0.15) is 5.56 Å². The molecule has 0 spiro atoms. The summed E-state index contributed by atoms with van der Waals surface area (Å²) in [5.41, 5.74) is 6.47. The van der Waals surface area contributed by atoms with E-state index in [-0.39, 0.29) is 0 Å². The Hall–Kier alpha value is -1.43. The van der Waals surface area contributed by atoms with Crippen molar-refractivity contribution in [2.45, 2.75) is 6.54 Å². The van der Waals surface area contributed by atoms with Crippen molar-refractivity contribution in [1.82, 2.24) is 20.0 Å². The van der Waals surface area contributed by atoms with Crippen molar-refractivity contribution in [2.75, 3.05) is 5.73 Å². The fraction of sp³-hybridized carbons (Fsp3) is 0.125. The molecule has 0 unspecified atom stereocenters. The van der Waals surface area contributed by atoms with Crippen LogP contribution in [0.2, 0.25) is 0 Å². The van der Waals surface area contributed by atoms with Gasteiger partial charge in [0.2, 0.25) is 0 Å². The predicted molar refractivity (Wildman–Crippen MR) is 55.5 cm³/mol. The molecule has 0 saturated carbocycles. The molecular formula is C8H8BrN5. The van der Waals surface area contributed by atoms with E-state index in [1.165, 1.54) is 11.0 Å². The zero-order valence-electron chi connectivity index (χ0n) is 7.26. The number of nitrogens with zero attached hydrogens (tertiary/aromatic N) is 4. The Morgan fingerprint density at radius 2 is 2.21 bits per heavy atom.